The molecular weight excluding hydrogens is 150 g/mol. The highest BCUT2D eigenvalue weighted by atomic mass is 19.3. The number of alkyl halides is 4. The molecule has 10 heavy (non-hydrogen) atoms. The molecule has 1 rings (SSSR count). The molecule has 1 saturated carbocycles. The van der Waals surface area contributed by atoms with Gasteiger partial charge in [0.25, 0.3) is 0 Å². The van der Waals surface area contributed by atoms with Gasteiger partial charge in [-0.05, 0) is 0 Å². The van der Waals surface area contributed by atoms with Gasteiger partial charge in [0.05, 0.1) is 6.07 Å². The molecule has 0 spiro atoms. The van der Waals surface area contributed by atoms with Gasteiger partial charge in [0.15, 0.2) is 0 Å². The third-order valence-corrected chi connectivity index (χ3v) is 1.54. The van der Waals surface area contributed by atoms with Crippen LogP contribution in [0.3, 0.4) is 0 Å². The SMILES string of the molecule is N#CC1CC(F)(F)C1(F)F. The number of hydrogen-bond acceptors (Lipinski definition) is 1. The lowest BCUT2D eigenvalue weighted by Gasteiger charge is -2.39. The van der Waals surface area contributed by atoms with Gasteiger partial charge >= 0.3 is 11.8 Å². The molecule has 1 aliphatic rings. The van der Waals surface area contributed by atoms with Crippen molar-refractivity contribution in [3.8, 4) is 6.07 Å². The van der Waals surface area contributed by atoms with Gasteiger partial charge in [0.1, 0.15) is 5.92 Å². The van der Waals surface area contributed by atoms with Crippen molar-refractivity contribution >= 4 is 0 Å². The van der Waals surface area contributed by atoms with Crippen molar-refractivity contribution in [3.63, 3.8) is 0 Å². The Kier molecular flexibility index (Phi) is 1.19. The summed E-state index contributed by atoms with van der Waals surface area (Å²) in [6.45, 7) is 0. The maximum absolute atomic E-state index is 12.0. The zero-order valence-corrected chi connectivity index (χ0v) is 4.74. The van der Waals surface area contributed by atoms with Crippen LogP contribution in [0.2, 0.25) is 0 Å². The molecule has 0 bridgehead atoms. The lowest BCUT2D eigenvalue weighted by atomic mass is 9.78. The fraction of sp³-hybridized carbons (Fsp3) is 0.800. The third kappa shape index (κ3) is 0.618. The van der Waals surface area contributed by atoms with Gasteiger partial charge in [-0.1, -0.05) is 0 Å². The molecule has 0 radical (unpaired) electrons. The van der Waals surface area contributed by atoms with Crippen molar-refractivity contribution in [2.75, 3.05) is 0 Å². The van der Waals surface area contributed by atoms with Crippen LogP contribution < -0.4 is 0 Å². The zero-order chi connectivity index (χ0) is 7.99. The van der Waals surface area contributed by atoms with Crippen LogP contribution in [0.4, 0.5) is 17.6 Å². The zero-order valence-electron chi connectivity index (χ0n) is 4.74. The highest BCUT2D eigenvalue weighted by Gasteiger charge is 2.72. The minimum absolute atomic E-state index is 1.02. The van der Waals surface area contributed by atoms with E-state index in [0.717, 1.165) is 6.07 Å². The van der Waals surface area contributed by atoms with Crippen LogP contribution in [0.5, 0.6) is 0 Å². The fourth-order valence-corrected chi connectivity index (χ4v) is 0.771. The summed E-state index contributed by atoms with van der Waals surface area (Å²) in [6, 6.07) is 1.12. The second-order valence-corrected chi connectivity index (χ2v) is 2.21. The highest BCUT2D eigenvalue weighted by Crippen LogP contribution is 2.54. The summed E-state index contributed by atoms with van der Waals surface area (Å²) < 4.78 is 47.7. The molecule has 0 N–H and O–H groups in total. The first kappa shape index (κ1) is 7.32. The van der Waals surface area contributed by atoms with E-state index < -0.39 is 24.2 Å². The van der Waals surface area contributed by atoms with Crippen molar-refractivity contribution in [1.29, 1.82) is 5.26 Å². The maximum Gasteiger partial charge on any atom is 0.325 e. The van der Waals surface area contributed by atoms with E-state index in [2.05, 4.69) is 0 Å². The summed E-state index contributed by atoms with van der Waals surface area (Å²) >= 11 is 0. The van der Waals surface area contributed by atoms with Crippen LogP contribution in [0.15, 0.2) is 0 Å². The van der Waals surface area contributed by atoms with Gasteiger partial charge in [-0.2, -0.15) is 22.8 Å². The Morgan fingerprint density at radius 2 is 1.80 bits per heavy atom. The Bertz CT molecular complexity index is 192. The molecule has 5 heteroatoms. The van der Waals surface area contributed by atoms with Crippen LogP contribution in [0.1, 0.15) is 6.42 Å². The highest BCUT2D eigenvalue weighted by molar-refractivity contribution is 5.11. The van der Waals surface area contributed by atoms with Crippen molar-refractivity contribution in [2.24, 2.45) is 5.92 Å². The van der Waals surface area contributed by atoms with E-state index in [1.807, 2.05) is 0 Å². The molecular formula is C5H3F4N. The van der Waals surface area contributed by atoms with E-state index in [-0.39, 0.29) is 0 Å². The van der Waals surface area contributed by atoms with E-state index in [1.54, 1.807) is 0 Å². The predicted molar refractivity (Wildman–Crippen MR) is 23.6 cm³/mol. The lowest BCUT2D eigenvalue weighted by molar-refractivity contribution is -0.299. The average Bonchev–Trinajstić information content (AvgIpc) is 1.83. The molecule has 0 amide bonds. The van der Waals surface area contributed by atoms with E-state index >= 15 is 0 Å². The quantitative estimate of drug-likeness (QED) is 0.487. The molecule has 1 aliphatic carbocycles. The van der Waals surface area contributed by atoms with Gasteiger partial charge in [-0.15, -0.1) is 0 Å². The van der Waals surface area contributed by atoms with Gasteiger partial charge < -0.3 is 0 Å². The Balaban J connectivity index is 2.77. The molecule has 0 aliphatic heterocycles. The molecule has 1 unspecified atom stereocenters. The minimum atomic E-state index is -4.11. The number of rotatable bonds is 0. The largest absolute Gasteiger partial charge is 0.325 e. The molecule has 0 aromatic carbocycles. The molecule has 1 nitrogen and oxygen atoms in total. The van der Waals surface area contributed by atoms with Crippen molar-refractivity contribution in [1.82, 2.24) is 0 Å². The second kappa shape index (κ2) is 1.62. The van der Waals surface area contributed by atoms with Gasteiger partial charge in [-0.3, -0.25) is 0 Å². The topological polar surface area (TPSA) is 23.8 Å². The van der Waals surface area contributed by atoms with E-state index in [4.69, 9.17) is 5.26 Å². The molecule has 0 aromatic heterocycles. The summed E-state index contributed by atoms with van der Waals surface area (Å²) in [7, 11) is 0. The molecule has 0 saturated heterocycles. The van der Waals surface area contributed by atoms with Gasteiger partial charge in [0.2, 0.25) is 0 Å². The van der Waals surface area contributed by atoms with Crippen LogP contribution >= 0.6 is 0 Å². The minimum Gasteiger partial charge on any atom is -0.200 e. The predicted octanol–water partition coefficient (Wildman–Crippen LogP) is 1.80. The van der Waals surface area contributed by atoms with Crippen LogP contribution in [0.25, 0.3) is 0 Å². The number of hydrogen-bond donors (Lipinski definition) is 0. The van der Waals surface area contributed by atoms with E-state index in [9.17, 15) is 17.6 Å². The maximum atomic E-state index is 12.0. The molecule has 0 heterocycles. The Hall–Kier alpha value is -0.790. The first-order chi connectivity index (χ1) is 4.42. The first-order valence-electron chi connectivity index (χ1n) is 2.57. The summed E-state index contributed by atoms with van der Waals surface area (Å²) in [5, 5.41) is 7.89. The number of nitrogens with zero attached hydrogens (tertiary/aromatic N) is 1. The molecule has 56 valence electrons. The molecule has 0 aromatic rings. The lowest BCUT2D eigenvalue weighted by Crippen LogP contribution is -2.58. The van der Waals surface area contributed by atoms with Crippen LogP contribution in [-0.4, -0.2) is 11.8 Å². The number of nitriles is 1. The van der Waals surface area contributed by atoms with Crippen LogP contribution in [0, 0.1) is 17.2 Å². The summed E-state index contributed by atoms with van der Waals surface area (Å²) in [5.74, 6) is -9.88. The first-order valence-corrected chi connectivity index (χ1v) is 2.57. The third-order valence-electron chi connectivity index (χ3n) is 1.54. The normalized spacial score (nSPS) is 34.1. The number of halogens is 4. The Labute approximate surface area is 54.2 Å². The van der Waals surface area contributed by atoms with Crippen LogP contribution in [-0.2, 0) is 0 Å². The van der Waals surface area contributed by atoms with Gasteiger partial charge in [0, 0.05) is 6.42 Å². The summed E-state index contributed by atoms with van der Waals surface area (Å²) in [4.78, 5) is 0. The second-order valence-electron chi connectivity index (χ2n) is 2.21. The molecule has 1 atom stereocenters. The van der Waals surface area contributed by atoms with Gasteiger partial charge in [-0.25, -0.2) is 0 Å². The summed E-state index contributed by atoms with van der Waals surface area (Å²) in [6.07, 6.45) is -1.02. The Morgan fingerprint density at radius 3 is 1.90 bits per heavy atom. The van der Waals surface area contributed by atoms with Crippen molar-refractivity contribution in [2.45, 2.75) is 18.3 Å². The fourth-order valence-electron chi connectivity index (χ4n) is 0.771. The van der Waals surface area contributed by atoms with E-state index in [1.165, 1.54) is 0 Å². The van der Waals surface area contributed by atoms with E-state index in [0.29, 0.717) is 0 Å². The monoisotopic (exact) mass is 153 g/mol. The smallest absolute Gasteiger partial charge is 0.200 e. The van der Waals surface area contributed by atoms with Crippen molar-refractivity contribution in [3.05, 3.63) is 0 Å². The standard InChI is InChI=1S/C5H3F4N/c6-4(7)1-3(2-10)5(4,8)9/h3H,1H2. The Morgan fingerprint density at radius 1 is 1.30 bits per heavy atom. The summed E-state index contributed by atoms with van der Waals surface area (Å²) in [5.41, 5.74) is 0. The van der Waals surface area contributed by atoms with Crippen molar-refractivity contribution < 1.29 is 17.6 Å². The molecule has 1 fully saturated rings. The average molecular weight is 153 g/mol.